The van der Waals surface area contributed by atoms with Crippen LogP contribution in [-0.2, 0) is 0 Å². The fraction of sp³-hybridized carbons (Fsp3) is 0.143. The third-order valence-corrected chi connectivity index (χ3v) is 1.85. The van der Waals surface area contributed by atoms with Crippen LogP contribution in [0.1, 0.15) is 0 Å². The molecule has 1 aromatic rings. The summed E-state index contributed by atoms with van der Waals surface area (Å²) in [5.41, 5.74) is 0. The van der Waals surface area contributed by atoms with Gasteiger partial charge >= 0.3 is 0 Å². The van der Waals surface area contributed by atoms with E-state index in [4.69, 9.17) is 15.0 Å². The van der Waals surface area contributed by atoms with Gasteiger partial charge in [0.15, 0.2) is 0 Å². The molecule has 0 unspecified atom stereocenters. The van der Waals surface area contributed by atoms with Crippen LogP contribution in [0.5, 0.6) is 11.5 Å². The average Bonchev–Trinajstić information content (AvgIpc) is 2.04. The number of rotatable bonds is 2. The van der Waals surface area contributed by atoms with Gasteiger partial charge in [0.25, 0.3) is 0 Å². The maximum absolute atomic E-state index is 9.04. The second kappa shape index (κ2) is 3.50. The van der Waals surface area contributed by atoms with Crippen LogP contribution in [0.4, 0.5) is 0 Å². The molecule has 0 heterocycles. The van der Waals surface area contributed by atoms with E-state index in [1.54, 1.807) is 25.3 Å². The topological polar surface area (TPSA) is 55.5 Å². The van der Waals surface area contributed by atoms with E-state index in [0.717, 1.165) is 16.8 Å². The summed E-state index contributed by atoms with van der Waals surface area (Å²) in [6.07, 6.45) is 0. The van der Waals surface area contributed by atoms with Crippen molar-refractivity contribution in [1.29, 1.82) is 0 Å². The van der Waals surface area contributed by atoms with Gasteiger partial charge in [0.1, 0.15) is 11.5 Å². The second-order valence-electron chi connectivity index (χ2n) is 1.95. The highest BCUT2D eigenvalue weighted by Gasteiger charge is 2.01. The Bertz CT molecular complexity index is 252. The molecule has 3 N–H and O–H groups in total. The number of phenolic OH excluding ortho intramolecular Hbond substituents is 1. The molecule has 1 rings (SSSR count). The van der Waals surface area contributed by atoms with Crippen molar-refractivity contribution in [3.05, 3.63) is 18.2 Å². The Morgan fingerprint density at radius 3 is 2.82 bits per heavy atom. The monoisotopic (exact) mass is 171 g/mol. The van der Waals surface area contributed by atoms with Crippen molar-refractivity contribution in [3.8, 4) is 11.5 Å². The Morgan fingerprint density at radius 2 is 2.27 bits per heavy atom. The lowest BCUT2D eigenvalue weighted by Crippen LogP contribution is -1.87. The van der Waals surface area contributed by atoms with E-state index in [1.165, 1.54) is 0 Å². The van der Waals surface area contributed by atoms with E-state index in [9.17, 15) is 0 Å². The Kier molecular flexibility index (Phi) is 2.62. The average molecular weight is 171 g/mol. The minimum absolute atomic E-state index is 0.193. The molecule has 0 bridgehead atoms. The van der Waals surface area contributed by atoms with E-state index in [2.05, 4.69) is 0 Å². The third-order valence-electron chi connectivity index (χ3n) is 1.27. The summed E-state index contributed by atoms with van der Waals surface area (Å²) >= 11 is 1.05. The van der Waals surface area contributed by atoms with Crippen LogP contribution in [-0.4, -0.2) is 12.2 Å². The molecule has 1 aromatic carbocycles. The highest BCUT2D eigenvalue weighted by atomic mass is 32.2. The molecule has 0 saturated carbocycles. The summed E-state index contributed by atoms with van der Waals surface area (Å²) in [5, 5.41) is 14.4. The summed E-state index contributed by atoms with van der Waals surface area (Å²) in [4.78, 5) is 0.729. The number of hydrogen-bond donors (Lipinski definition) is 2. The molecule has 0 spiro atoms. The predicted octanol–water partition coefficient (Wildman–Crippen LogP) is 1.37. The normalized spacial score (nSPS) is 9.64. The molecular formula is C7H9NO2S. The van der Waals surface area contributed by atoms with E-state index < -0.39 is 0 Å². The standard InChI is InChI=1S/C7H9NO2S/c1-10-6-3-2-5(9)4-7(6)11-8/h2-4,9H,8H2,1H3. The van der Waals surface area contributed by atoms with Gasteiger partial charge in [-0.15, -0.1) is 0 Å². The molecule has 0 aromatic heterocycles. The van der Waals surface area contributed by atoms with Crippen molar-refractivity contribution in [3.63, 3.8) is 0 Å². The SMILES string of the molecule is COc1ccc(O)cc1SN. The number of nitrogens with two attached hydrogens (primary N) is 1. The molecule has 3 nitrogen and oxygen atoms in total. The summed E-state index contributed by atoms with van der Waals surface area (Å²) in [5.74, 6) is 0.869. The van der Waals surface area contributed by atoms with Crippen LogP contribution in [0.15, 0.2) is 23.1 Å². The van der Waals surface area contributed by atoms with Gasteiger partial charge in [-0.3, -0.25) is 5.14 Å². The quantitative estimate of drug-likeness (QED) is 0.660. The van der Waals surface area contributed by atoms with Crippen LogP contribution < -0.4 is 9.88 Å². The van der Waals surface area contributed by atoms with E-state index >= 15 is 0 Å². The molecule has 0 fully saturated rings. The summed E-state index contributed by atoms with van der Waals surface area (Å²) in [6, 6.07) is 4.78. The fourth-order valence-electron chi connectivity index (χ4n) is 0.757. The van der Waals surface area contributed by atoms with E-state index in [0.29, 0.717) is 5.75 Å². The van der Waals surface area contributed by atoms with Gasteiger partial charge < -0.3 is 9.84 Å². The van der Waals surface area contributed by atoms with Crippen molar-refractivity contribution in [1.82, 2.24) is 0 Å². The fourth-order valence-corrected chi connectivity index (χ4v) is 1.21. The van der Waals surface area contributed by atoms with Crippen LogP contribution in [0, 0.1) is 0 Å². The zero-order valence-corrected chi connectivity index (χ0v) is 6.89. The molecule has 0 aliphatic rings. The minimum Gasteiger partial charge on any atom is -0.508 e. The first-order valence-corrected chi connectivity index (χ1v) is 3.89. The van der Waals surface area contributed by atoms with E-state index in [-0.39, 0.29) is 5.75 Å². The number of ether oxygens (including phenoxy) is 1. The maximum Gasteiger partial charge on any atom is 0.133 e. The number of aromatic hydroxyl groups is 1. The van der Waals surface area contributed by atoms with Gasteiger partial charge in [-0.25, -0.2) is 0 Å². The summed E-state index contributed by atoms with van der Waals surface area (Å²) in [7, 11) is 1.56. The van der Waals surface area contributed by atoms with Gasteiger partial charge in [0.05, 0.1) is 12.0 Å². The number of benzene rings is 1. The lowest BCUT2D eigenvalue weighted by atomic mass is 10.3. The Morgan fingerprint density at radius 1 is 1.55 bits per heavy atom. The lowest BCUT2D eigenvalue weighted by Gasteiger charge is -2.04. The Balaban J connectivity index is 3.06. The number of methoxy groups -OCH3 is 1. The van der Waals surface area contributed by atoms with E-state index in [1.807, 2.05) is 0 Å². The van der Waals surface area contributed by atoms with Gasteiger partial charge in [-0.1, -0.05) is 0 Å². The zero-order valence-electron chi connectivity index (χ0n) is 6.07. The Hall–Kier alpha value is -0.870. The number of phenols is 1. The van der Waals surface area contributed by atoms with Crippen molar-refractivity contribution in [2.45, 2.75) is 4.90 Å². The molecule has 0 saturated heterocycles. The van der Waals surface area contributed by atoms with Crippen LogP contribution in [0.3, 0.4) is 0 Å². The molecule has 0 radical (unpaired) electrons. The van der Waals surface area contributed by atoms with Gasteiger partial charge in [-0.2, -0.15) is 0 Å². The van der Waals surface area contributed by atoms with Gasteiger partial charge in [0, 0.05) is 0 Å². The first kappa shape index (κ1) is 8.23. The predicted molar refractivity (Wildman–Crippen MR) is 44.7 cm³/mol. The van der Waals surface area contributed by atoms with Crippen molar-refractivity contribution in [2.75, 3.05) is 7.11 Å². The summed E-state index contributed by atoms with van der Waals surface area (Å²) < 4.78 is 4.98. The third kappa shape index (κ3) is 1.78. The molecule has 0 aliphatic carbocycles. The second-order valence-corrected chi connectivity index (χ2v) is 2.63. The number of hydrogen-bond acceptors (Lipinski definition) is 4. The first-order chi connectivity index (χ1) is 5.27. The highest BCUT2D eigenvalue weighted by molar-refractivity contribution is 7.97. The molecule has 0 aliphatic heterocycles. The van der Waals surface area contributed by atoms with Crippen LogP contribution in [0.25, 0.3) is 0 Å². The van der Waals surface area contributed by atoms with Crippen molar-refractivity contribution >= 4 is 11.9 Å². The van der Waals surface area contributed by atoms with Crippen LogP contribution >= 0.6 is 11.9 Å². The molecule has 4 heteroatoms. The van der Waals surface area contributed by atoms with Crippen molar-refractivity contribution < 1.29 is 9.84 Å². The van der Waals surface area contributed by atoms with Gasteiger partial charge in [-0.05, 0) is 30.1 Å². The smallest absolute Gasteiger partial charge is 0.133 e. The largest absolute Gasteiger partial charge is 0.508 e. The first-order valence-electron chi connectivity index (χ1n) is 3.01. The highest BCUT2D eigenvalue weighted by Crippen LogP contribution is 2.28. The molecule has 0 atom stereocenters. The molecule has 11 heavy (non-hydrogen) atoms. The zero-order chi connectivity index (χ0) is 8.27. The molecular weight excluding hydrogens is 162 g/mol. The van der Waals surface area contributed by atoms with Crippen molar-refractivity contribution in [2.24, 2.45) is 5.14 Å². The molecule has 60 valence electrons. The van der Waals surface area contributed by atoms with Crippen LogP contribution in [0.2, 0.25) is 0 Å². The van der Waals surface area contributed by atoms with Gasteiger partial charge in [0.2, 0.25) is 0 Å². The minimum atomic E-state index is 0.193. The maximum atomic E-state index is 9.04. The summed E-state index contributed by atoms with van der Waals surface area (Å²) in [6.45, 7) is 0. The molecule has 0 amide bonds. The lowest BCUT2D eigenvalue weighted by molar-refractivity contribution is 0.401. The Labute approximate surface area is 69.3 Å².